The number of carboxylic acids is 1. The standard InChI is InChI=1S/C12H15NO3/c1-2-8(12(15)16)5-6-13-10-4-3-9(7-10)11(13)14/h3-5,9-10H,2,6-7H2,1H3,(H,15,16). The summed E-state index contributed by atoms with van der Waals surface area (Å²) in [6, 6.07) is 0.181. The summed E-state index contributed by atoms with van der Waals surface area (Å²) in [5.74, 6) is -0.729. The van der Waals surface area contributed by atoms with Crippen molar-refractivity contribution in [3.05, 3.63) is 23.8 Å². The number of hydrogen-bond acceptors (Lipinski definition) is 2. The molecule has 0 aromatic heterocycles. The minimum absolute atomic E-state index is 0.0355. The van der Waals surface area contributed by atoms with E-state index in [0.29, 0.717) is 18.5 Å². The van der Waals surface area contributed by atoms with Crippen molar-refractivity contribution >= 4 is 11.9 Å². The number of carboxylic acid groups (broad SMARTS) is 1. The molecule has 16 heavy (non-hydrogen) atoms. The van der Waals surface area contributed by atoms with Gasteiger partial charge in [-0.15, -0.1) is 0 Å². The fraction of sp³-hybridized carbons (Fsp3) is 0.500. The van der Waals surface area contributed by atoms with Gasteiger partial charge in [-0.2, -0.15) is 0 Å². The van der Waals surface area contributed by atoms with E-state index in [1.807, 2.05) is 12.2 Å². The minimum atomic E-state index is -0.894. The van der Waals surface area contributed by atoms with Crippen LogP contribution in [0.25, 0.3) is 0 Å². The second kappa shape index (κ2) is 4.12. The Balaban J connectivity index is 2.03. The molecule has 0 aromatic carbocycles. The van der Waals surface area contributed by atoms with E-state index in [4.69, 9.17) is 5.11 Å². The van der Waals surface area contributed by atoms with Crippen LogP contribution >= 0.6 is 0 Å². The first-order valence-electron chi connectivity index (χ1n) is 5.54. The van der Waals surface area contributed by atoms with Crippen molar-refractivity contribution in [1.29, 1.82) is 0 Å². The van der Waals surface area contributed by atoms with Crippen LogP contribution < -0.4 is 0 Å². The fourth-order valence-electron chi connectivity index (χ4n) is 2.29. The summed E-state index contributed by atoms with van der Waals surface area (Å²) in [7, 11) is 0. The zero-order chi connectivity index (χ0) is 11.7. The molecule has 1 fully saturated rings. The van der Waals surface area contributed by atoms with E-state index in [1.54, 1.807) is 17.9 Å². The second-order valence-corrected chi connectivity index (χ2v) is 4.17. The number of likely N-dealkylation sites (tertiary alicyclic amines) is 1. The largest absolute Gasteiger partial charge is 0.478 e. The van der Waals surface area contributed by atoms with Crippen molar-refractivity contribution in [2.75, 3.05) is 6.54 Å². The highest BCUT2D eigenvalue weighted by molar-refractivity contribution is 5.87. The lowest BCUT2D eigenvalue weighted by Gasteiger charge is -2.22. The molecule has 0 saturated carbocycles. The topological polar surface area (TPSA) is 57.6 Å². The van der Waals surface area contributed by atoms with Crippen LogP contribution in [0.5, 0.6) is 0 Å². The summed E-state index contributed by atoms with van der Waals surface area (Å²) in [6.45, 7) is 2.22. The van der Waals surface area contributed by atoms with Gasteiger partial charge in [0, 0.05) is 12.1 Å². The van der Waals surface area contributed by atoms with Gasteiger partial charge in [0.1, 0.15) is 0 Å². The third-order valence-electron chi connectivity index (χ3n) is 3.25. The summed E-state index contributed by atoms with van der Waals surface area (Å²) in [4.78, 5) is 24.3. The third kappa shape index (κ3) is 1.75. The van der Waals surface area contributed by atoms with Gasteiger partial charge in [0.2, 0.25) is 5.91 Å². The molecule has 2 rings (SSSR count). The zero-order valence-electron chi connectivity index (χ0n) is 9.22. The van der Waals surface area contributed by atoms with Crippen LogP contribution in [0.15, 0.2) is 23.8 Å². The lowest BCUT2D eigenvalue weighted by Crippen LogP contribution is -2.35. The van der Waals surface area contributed by atoms with Gasteiger partial charge in [0.25, 0.3) is 0 Å². The average Bonchev–Trinajstić information content (AvgIpc) is 2.81. The quantitative estimate of drug-likeness (QED) is 0.573. The van der Waals surface area contributed by atoms with Gasteiger partial charge in [-0.1, -0.05) is 25.2 Å². The van der Waals surface area contributed by atoms with E-state index in [0.717, 1.165) is 6.42 Å². The molecule has 4 heteroatoms. The maximum atomic E-state index is 11.7. The number of aliphatic carboxylic acids is 1. The van der Waals surface area contributed by atoms with Crippen LogP contribution in [-0.2, 0) is 9.59 Å². The summed E-state index contributed by atoms with van der Waals surface area (Å²) in [6.07, 6.45) is 6.98. The van der Waals surface area contributed by atoms with Crippen molar-refractivity contribution in [2.24, 2.45) is 5.92 Å². The Morgan fingerprint density at radius 1 is 1.62 bits per heavy atom. The molecule has 2 aliphatic rings. The van der Waals surface area contributed by atoms with E-state index in [9.17, 15) is 9.59 Å². The van der Waals surface area contributed by atoms with E-state index in [1.165, 1.54) is 0 Å². The summed E-state index contributed by atoms with van der Waals surface area (Å²) in [5, 5.41) is 8.86. The van der Waals surface area contributed by atoms with Crippen LogP contribution in [0.2, 0.25) is 0 Å². The van der Waals surface area contributed by atoms with Crippen LogP contribution in [0, 0.1) is 5.92 Å². The Bertz CT molecular complexity index is 384. The molecule has 1 aliphatic carbocycles. The number of carbonyl (C=O) groups excluding carboxylic acids is 1. The predicted molar refractivity (Wildman–Crippen MR) is 58.8 cm³/mol. The highest BCUT2D eigenvalue weighted by atomic mass is 16.4. The molecule has 2 bridgehead atoms. The first-order valence-corrected chi connectivity index (χ1v) is 5.54. The number of fused-ring (bicyclic) bond motifs is 2. The number of nitrogens with zero attached hydrogens (tertiary/aromatic N) is 1. The molecule has 2 unspecified atom stereocenters. The maximum absolute atomic E-state index is 11.7. The van der Waals surface area contributed by atoms with Gasteiger partial charge >= 0.3 is 5.97 Å². The number of amides is 1. The van der Waals surface area contributed by atoms with Crippen LogP contribution in [0.4, 0.5) is 0 Å². The highest BCUT2D eigenvalue weighted by Gasteiger charge is 2.40. The van der Waals surface area contributed by atoms with E-state index >= 15 is 0 Å². The Hall–Kier alpha value is -1.58. The molecule has 2 atom stereocenters. The van der Waals surface area contributed by atoms with Gasteiger partial charge in [-0.3, -0.25) is 4.79 Å². The Morgan fingerprint density at radius 3 is 2.88 bits per heavy atom. The molecule has 1 heterocycles. The van der Waals surface area contributed by atoms with Crippen molar-refractivity contribution < 1.29 is 14.7 Å². The van der Waals surface area contributed by atoms with Crippen LogP contribution in [0.1, 0.15) is 19.8 Å². The highest BCUT2D eigenvalue weighted by Crippen LogP contribution is 2.32. The Labute approximate surface area is 94.2 Å². The summed E-state index contributed by atoms with van der Waals surface area (Å²) < 4.78 is 0. The SMILES string of the molecule is CCC(=CCN1C(=O)C2C=CC1C2)C(=O)O. The lowest BCUT2D eigenvalue weighted by atomic mass is 10.1. The molecule has 1 N–H and O–H groups in total. The predicted octanol–water partition coefficient (Wildman–Crippen LogP) is 1.19. The van der Waals surface area contributed by atoms with Crippen LogP contribution in [0.3, 0.4) is 0 Å². The van der Waals surface area contributed by atoms with Crippen molar-refractivity contribution in [2.45, 2.75) is 25.8 Å². The van der Waals surface area contributed by atoms with Gasteiger partial charge in [-0.05, 0) is 12.8 Å². The lowest BCUT2D eigenvalue weighted by molar-refractivity contribution is -0.133. The van der Waals surface area contributed by atoms with Crippen LogP contribution in [-0.4, -0.2) is 34.5 Å². The first kappa shape index (κ1) is 10.9. The van der Waals surface area contributed by atoms with E-state index in [2.05, 4.69) is 0 Å². The maximum Gasteiger partial charge on any atom is 0.331 e. The Kier molecular flexibility index (Phi) is 2.81. The van der Waals surface area contributed by atoms with Crippen molar-refractivity contribution in [3.8, 4) is 0 Å². The summed E-state index contributed by atoms with van der Waals surface area (Å²) >= 11 is 0. The molecule has 1 saturated heterocycles. The average molecular weight is 221 g/mol. The monoisotopic (exact) mass is 221 g/mol. The number of carbonyl (C=O) groups is 2. The molecule has 0 aromatic rings. The Morgan fingerprint density at radius 2 is 2.38 bits per heavy atom. The molecule has 1 amide bonds. The van der Waals surface area contributed by atoms with Gasteiger partial charge in [0.15, 0.2) is 0 Å². The smallest absolute Gasteiger partial charge is 0.331 e. The van der Waals surface area contributed by atoms with Gasteiger partial charge in [-0.25, -0.2) is 4.79 Å². The third-order valence-corrected chi connectivity index (χ3v) is 3.25. The molecule has 86 valence electrons. The fourth-order valence-corrected chi connectivity index (χ4v) is 2.29. The zero-order valence-corrected chi connectivity index (χ0v) is 9.22. The second-order valence-electron chi connectivity index (χ2n) is 4.17. The molecular weight excluding hydrogens is 206 g/mol. The molecular formula is C12H15NO3. The summed E-state index contributed by atoms with van der Waals surface area (Å²) in [5.41, 5.74) is 0.375. The first-order chi connectivity index (χ1) is 7.63. The number of rotatable bonds is 4. The van der Waals surface area contributed by atoms with E-state index in [-0.39, 0.29) is 17.9 Å². The normalized spacial score (nSPS) is 27.9. The molecule has 0 spiro atoms. The minimum Gasteiger partial charge on any atom is -0.478 e. The van der Waals surface area contributed by atoms with Crippen molar-refractivity contribution in [3.63, 3.8) is 0 Å². The number of hydrogen-bond donors (Lipinski definition) is 1. The molecule has 0 radical (unpaired) electrons. The van der Waals surface area contributed by atoms with Gasteiger partial charge in [0.05, 0.1) is 12.0 Å². The van der Waals surface area contributed by atoms with E-state index < -0.39 is 5.97 Å². The van der Waals surface area contributed by atoms with Gasteiger partial charge < -0.3 is 10.0 Å². The molecule has 4 nitrogen and oxygen atoms in total. The van der Waals surface area contributed by atoms with Crippen molar-refractivity contribution in [1.82, 2.24) is 4.90 Å². The molecule has 1 aliphatic heterocycles.